The summed E-state index contributed by atoms with van der Waals surface area (Å²) in [6.45, 7) is 30.4. The Morgan fingerprint density at radius 2 is 0.938 bits per heavy atom. The van der Waals surface area contributed by atoms with Crippen LogP contribution in [0.2, 0.25) is 0 Å². The van der Waals surface area contributed by atoms with Gasteiger partial charge in [-0.1, -0.05) is 248 Å². The topological polar surface area (TPSA) is 76.7 Å². The SMILES string of the molecule is CC.CC.CC.CC.CC.Cc1ccc(-c2cnoc2)cc1.Cc1ccc(-n2cn[nH]c2=O)cc1.Cc1ccc2ccccc2c1.Cc1cccc2ccccc12.Cc1ccccc1. The van der Waals surface area contributed by atoms with E-state index in [0.717, 1.165) is 16.8 Å². The van der Waals surface area contributed by atoms with Crippen molar-refractivity contribution in [3.63, 3.8) is 0 Å². The average Bonchev–Trinajstić information content (AvgIpc) is 4.07. The summed E-state index contributed by atoms with van der Waals surface area (Å²) in [6, 6.07) is 55.9. The van der Waals surface area contributed by atoms with E-state index in [1.165, 1.54) is 60.3 Å². The first kappa shape index (κ1) is 57.2. The minimum Gasteiger partial charge on any atom is -0.364 e. The third kappa shape index (κ3) is 21.3. The highest BCUT2D eigenvalue weighted by molar-refractivity contribution is 5.85. The molecule has 9 aromatic rings. The van der Waals surface area contributed by atoms with Crippen molar-refractivity contribution in [1.82, 2.24) is 19.9 Å². The molecule has 0 aliphatic rings. The molecular weight excluding hydrogens is 785 g/mol. The summed E-state index contributed by atoms with van der Waals surface area (Å²) in [7, 11) is 0. The molecule has 0 unspecified atom stereocenters. The van der Waals surface area contributed by atoms with Gasteiger partial charge in [-0.2, -0.15) is 5.10 Å². The van der Waals surface area contributed by atoms with E-state index in [4.69, 9.17) is 4.52 Å². The largest absolute Gasteiger partial charge is 0.364 e. The summed E-state index contributed by atoms with van der Waals surface area (Å²) >= 11 is 0. The molecule has 0 spiro atoms. The number of hydrogen-bond acceptors (Lipinski definition) is 4. The molecule has 9 rings (SSSR count). The van der Waals surface area contributed by atoms with Gasteiger partial charge in [0.05, 0.1) is 11.9 Å². The zero-order chi connectivity index (χ0) is 48.1. The number of nitrogens with one attached hydrogen (secondary N) is 1. The van der Waals surface area contributed by atoms with Crippen LogP contribution in [-0.4, -0.2) is 19.9 Å². The molecule has 0 amide bonds. The summed E-state index contributed by atoms with van der Waals surface area (Å²) in [6.07, 6.45) is 4.82. The predicted octanol–water partition coefficient (Wildman–Crippen LogP) is 16.9. The standard InChI is InChI=1S/2C11H10.C10H9NO.C9H9N3O.C7H8.5C2H6/c1-9-5-4-7-10-6-2-3-8-11(9)10;1-9-6-7-10-4-2-3-5-11(10)8-9;1-8-2-4-9(5-3-8)10-6-11-12-7-10;1-7-2-4-8(5-3-7)12-6-10-11-9(12)13;1-7-5-3-2-4-6-7;5*1-2/h2*2-8H,1H3;2-7H,1H3;2-6H,1H3,(H,11,13);2-6H,1H3;5*1-2H3. The van der Waals surface area contributed by atoms with Crippen molar-refractivity contribution in [2.24, 2.45) is 0 Å². The van der Waals surface area contributed by atoms with Gasteiger partial charge < -0.3 is 4.52 Å². The van der Waals surface area contributed by atoms with Gasteiger partial charge in [0, 0.05) is 5.56 Å². The highest BCUT2D eigenvalue weighted by atomic mass is 16.5. The predicted molar refractivity (Wildman–Crippen MR) is 281 cm³/mol. The van der Waals surface area contributed by atoms with Crippen molar-refractivity contribution in [2.75, 3.05) is 0 Å². The Hall–Kier alpha value is -6.79. The Labute approximate surface area is 386 Å². The third-order valence-corrected chi connectivity index (χ3v) is 8.53. The summed E-state index contributed by atoms with van der Waals surface area (Å²) in [5.41, 5.74) is 9.19. The first-order chi connectivity index (χ1) is 31.3. The monoisotopic (exact) mass is 861 g/mol. The third-order valence-electron chi connectivity index (χ3n) is 8.53. The van der Waals surface area contributed by atoms with Crippen LogP contribution < -0.4 is 5.69 Å². The van der Waals surface area contributed by atoms with Crippen molar-refractivity contribution in [2.45, 2.75) is 104 Å². The normalized spacial score (nSPS) is 8.92. The van der Waals surface area contributed by atoms with E-state index in [1.807, 2.05) is 119 Å². The van der Waals surface area contributed by atoms with Crippen LogP contribution in [0.25, 0.3) is 38.4 Å². The number of hydrogen-bond donors (Lipinski definition) is 1. The van der Waals surface area contributed by atoms with Gasteiger partial charge in [-0.25, -0.2) is 14.5 Å². The van der Waals surface area contributed by atoms with Gasteiger partial charge in [0.1, 0.15) is 12.6 Å². The second-order valence-corrected chi connectivity index (χ2v) is 12.9. The Balaban J connectivity index is 0.000000744. The molecule has 340 valence electrons. The summed E-state index contributed by atoms with van der Waals surface area (Å²) < 4.78 is 6.21. The molecule has 64 heavy (non-hydrogen) atoms. The van der Waals surface area contributed by atoms with Gasteiger partial charge in [-0.05, 0) is 79.4 Å². The fraction of sp³-hybridized carbons (Fsp3) is 0.259. The fourth-order valence-corrected chi connectivity index (χ4v) is 5.46. The second kappa shape index (κ2) is 35.8. The van der Waals surface area contributed by atoms with Crippen molar-refractivity contribution < 1.29 is 4.52 Å². The lowest BCUT2D eigenvalue weighted by atomic mass is 10.1. The summed E-state index contributed by atoms with van der Waals surface area (Å²) in [5, 5.41) is 15.0. The van der Waals surface area contributed by atoms with Gasteiger partial charge >= 0.3 is 5.69 Å². The first-order valence-corrected chi connectivity index (χ1v) is 22.8. The Morgan fingerprint density at radius 1 is 0.453 bits per heavy atom. The zero-order valence-corrected chi connectivity index (χ0v) is 41.5. The van der Waals surface area contributed by atoms with Crippen LogP contribution in [0.5, 0.6) is 0 Å². The highest BCUT2D eigenvalue weighted by Gasteiger charge is 1.99. The van der Waals surface area contributed by atoms with Crippen molar-refractivity contribution in [3.05, 3.63) is 221 Å². The smallest absolute Gasteiger partial charge is 0.347 e. The number of fused-ring (bicyclic) bond motifs is 2. The molecule has 1 N–H and O–H groups in total. The average molecular weight is 861 g/mol. The molecule has 0 bridgehead atoms. The molecular formula is C58H76N4O2. The van der Waals surface area contributed by atoms with E-state index in [1.54, 1.807) is 12.5 Å². The number of aromatic amines is 1. The molecule has 2 heterocycles. The Kier molecular flexibility index (Phi) is 32.0. The second-order valence-electron chi connectivity index (χ2n) is 12.9. The molecule has 7 aromatic carbocycles. The number of benzene rings is 7. The molecule has 0 saturated carbocycles. The van der Waals surface area contributed by atoms with Gasteiger partial charge in [-0.15, -0.1) is 0 Å². The first-order valence-electron chi connectivity index (χ1n) is 22.8. The van der Waals surface area contributed by atoms with E-state index in [0.29, 0.717) is 0 Å². The lowest BCUT2D eigenvalue weighted by Gasteiger charge is -1.99. The van der Waals surface area contributed by atoms with E-state index in [2.05, 4.69) is 164 Å². The summed E-state index contributed by atoms with van der Waals surface area (Å²) in [4.78, 5) is 11.1. The maximum Gasteiger partial charge on any atom is 0.347 e. The lowest BCUT2D eigenvalue weighted by Crippen LogP contribution is -2.13. The van der Waals surface area contributed by atoms with E-state index in [-0.39, 0.29) is 5.69 Å². The number of aromatic nitrogens is 4. The maximum absolute atomic E-state index is 11.1. The Morgan fingerprint density at radius 3 is 1.44 bits per heavy atom. The van der Waals surface area contributed by atoms with Gasteiger partial charge in [0.2, 0.25) is 0 Å². The number of rotatable bonds is 2. The van der Waals surface area contributed by atoms with Crippen LogP contribution in [0.4, 0.5) is 0 Å². The number of aryl methyl sites for hydroxylation is 5. The molecule has 0 aliphatic carbocycles. The Bertz CT molecular complexity index is 2490. The van der Waals surface area contributed by atoms with Crippen molar-refractivity contribution in [1.29, 1.82) is 0 Å². The summed E-state index contributed by atoms with van der Waals surface area (Å²) in [5.74, 6) is 0. The molecule has 0 atom stereocenters. The lowest BCUT2D eigenvalue weighted by molar-refractivity contribution is 0.420. The molecule has 0 fully saturated rings. The van der Waals surface area contributed by atoms with Crippen LogP contribution >= 0.6 is 0 Å². The molecule has 2 aromatic heterocycles. The van der Waals surface area contributed by atoms with Gasteiger partial charge in [0.25, 0.3) is 0 Å². The molecule has 6 heteroatoms. The van der Waals surface area contributed by atoms with Crippen molar-refractivity contribution >= 4 is 21.5 Å². The minimum absolute atomic E-state index is 0.219. The van der Waals surface area contributed by atoms with Crippen LogP contribution in [0.1, 0.15) is 97.1 Å². The number of H-pyrrole nitrogens is 1. The fourth-order valence-electron chi connectivity index (χ4n) is 5.46. The van der Waals surface area contributed by atoms with Crippen LogP contribution in [0.3, 0.4) is 0 Å². The molecule has 0 saturated heterocycles. The highest BCUT2D eigenvalue weighted by Crippen LogP contribution is 2.19. The minimum atomic E-state index is -0.219. The molecule has 6 nitrogen and oxygen atoms in total. The van der Waals surface area contributed by atoms with Crippen LogP contribution in [-0.2, 0) is 0 Å². The van der Waals surface area contributed by atoms with Crippen molar-refractivity contribution in [3.8, 4) is 16.8 Å². The molecule has 0 radical (unpaired) electrons. The number of nitrogens with zero attached hydrogens (tertiary/aromatic N) is 3. The zero-order valence-electron chi connectivity index (χ0n) is 41.5. The van der Waals surface area contributed by atoms with E-state index < -0.39 is 0 Å². The maximum atomic E-state index is 11.1. The van der Waals surface area contributed by atoms with Gasteiger partial charge in [0.15, 0.2) is 0 Å². The van der Waals surface area contributed by atoms with E-state index in [9.17, 15) is 4.79 Å². The van der Waals surface area contributed by atoms with Crippen LogP contribution in [0, 0.1) is 34.6 Å². The van der Waals surface area contributed by atoms with Crippen LogP contribution in [0.15, 0.2) is 192 Å². The van der Waals surface area contributed by atoms with Gasteiger partial charge in [-0.3, -0.25) is 0 Å². The quantitative estimate of drug-likeness (QED) is 0.188. The van der Waals surface area contributed by atoms with E-state index >= 15 is 0 Å². The molecule has 0 aliphatic heterocycles.